The number of rotatable bonds is 6. The van der Waals surface area contributed by atoms with Crippen molar-refractivity contribution < 1.29 is 4.18 Å². The van der Waals surface area contributed by atoms with Crippen molar-refractivity contribution in [1.82, 2.24) is 14.5 Å². The van der Waals surface area contributed by atoms with Gasteiger partial charge in [-0.1, -0.05) is 17.7 Å². The Kier molecular flexibility index (Phi) is 5.88. The summed E-state index contributed by atoms with van der Waals surface area (Å²) in [5, 5.41) is 0. The molecule has 1 aromatic heterocycles. The van der Waals surface area contributed by atoms with Gasteiger partial charge in [-0.3, -0.25) is 4.90 Å². The van der Waals surface area contributed by atoms with Gasteiger partial charge in [-0.2, -0.15) is 0 Å². The molecule has 0 bridgehead atoms. The van der Waals surface area contributed by atoms with Crippen LogP contribution in [0.15, 0.2) is 65.8 Å². The summed E-state index contributed by atoms with van der Waals surface area (Å²) in [6.45, 7) is 7.17. The van der Waals surface area contributed by atoms with Crippen molar-refractivity contribution in [2.75, 3.05) is 31.1 Å². The smallest absolute Gasteiger partial charge is 0.138 e. The van der Waals surface area contributed by atoms with Crippen molar-refractivity contribution in [3.63, 3.8) is 0 Å². The summed E-state index contributed by atoms with van der Waals surface area (Å²) in [4.78, 5) is 10.4. The number of piperazine rings is 1. The lowest BCUT2D eigenvalue weighted by molar-refractivity contribution is 0.242. The first kappa shape index (κ1) is 18.9. The van der Waals surface area contributed by atoms with Crippen LogP contribution in [0, 0.1) is 6.92 Å². The van der Waals surface area contributed by atoms with E-state index < -0.39 is 0 Å². The maximum absolute atomic E-state index is 5.84. The molecular weight excluding hydrogens is 368 g/mol. The molecule has 1 aliphatic rings. The van der Waals surface area contributed by atoms with Gasteiger partial charge in [-0.25, -0.2) is 4.98 Å². The molecule has 2 aromatic carbocycles. The molecule has 3 aromatic rings. The van der Waals surface area contributed by atoms with Crippen molar-refractivity contribution in [1.29, 1.82) is 0 Å². The Morgan fingerprint density at radius 3 is 2.32 bits per heavy atom. The van der Waals surface area contributed by atoms with E-state index in [1.54, 1.807) is 0 Å². The topological polar surface area (TPSA) is 33.5 Å². The molecule has 0 spiro atoms. The van der Waals surface area contributed by atoms with Crippen LogP contribution >= 0.6 is 12.0 Å². The lowest BCUT2D eigenvalue weighted by atomic mass is 10.2. The average Bonchev–Trinajstić information content (AvgIpc) is 3.13. The third-order valence-electron chi connectivity index (χ3n) is 5.12. The molecule has 1 fully saturated rings. The first-order valence-corrected chi connectivity index (χ1v) is 10.4. The quantitative estimate of drug-likeness (QED) is 0.587. The van der Waals surface area contributed by atoms with E-state index in [0.717, 1.165) is 49.2 Å². The van der Waals surface area contributed by atoms with E-state index in [2.05, 4.69) is 81.9 Å². The molecule has 0 N–H and O–H groups in total. The highest BCUT2D eigenvalue weighted by molar-refractivity contribution is 7.95. The van der Waals surface area contributed by atoms with E-state index in [1.165, 1.54) is 23.3 Å². The predicted octanol–water partition coefficient (Wildman–Crippen LogP) is 4.14. The molecule has 1 saturated heterocycles. The van der Waals surface area contributed by atoms with E-state index >= 15 is 0 Å². The van der Waals surface area contributed by atoms with Crippen molar-refractivity contribution in [3.05, 3.63) is 72.3 Å². The molecule has 28 heavy (non-hydrogen) atoms. The molecule has 5 nitrogen and oxygen atoms in total. The van der Waals surface area contributed by atoms with Gasteiger partial charge >= 0.3 is 0 Å². The summed E-state index contributed by atoms with van der Waals surface area (Å²) in [5.74, 6) is 2.00. The Bertz CT molecular complexity index is 884. The Morgan fingerprint density at radius 1 is 0.964 bits per heavy atom. The minimum atomic E-state index is 0.878. The van der Waals surface area contributed by atoms with Crippen LogP contribution in [0.25, 0.3) is 0 Å². The number of aryl methyl sites for hydroxylation is 2. The second kappa shape index (κ2) is 8.71. The summed E-state index contributed by atoms with van der Waals surface area (Å²) in [6.07, 6.45) is 3.87. The molecule has 0 radical (unpaired) electrons. The second-order valence-electron chi connectivity index (χ2n) is 7.19. The Balaban J connectivity index is 1.27. The van der Waals surface area contributed by atoms with Gasteiger partial charge in [0.1, 0.15) is 11.6 Å². The van der Waals surface area contributed by atoms with Gasteiger partial charge < -0.3 is 13.7 Å². The Labute approximate surface area is 171 Å². The summed E-state index contributed by atoms with van der Waals surface area (Å²) in [5.41, 5.74) is 2.51. The average molecular weight is 395 g/mol. The highest BCUT2D eigenvalue weighted by Gasteiger charge is 2.18. The third-order valence-corrected chi connectivity index (χ3v) is 5.86. The van der Waals surface area contributed by atoms with Crippen LogP contribution in [0.3, 0.4) is 0 Å². The van der Waals surface area contributed by atoms with Crippen molar-refractivity contribution >= 4 is 17.7 Å². The Hall–Kier alpha value is -2.44. The number of imidazole rings is 1. The summed E-state index contributed by atoms with van der Waals surface area (Å²) in [6, 6.07) is 16.8. The molecule has 0 unspecified atom stereocenters. The Morgan fingerprint density at radius 2 is 1.68 bits per heavy atom. The summed E-state index contributed by atoms with van der Waals surface area (Å²) in [7, 11) is 2.05. The summed E-state index contributed by atoms with van der Waals surface area (Å²) < 4.78 is 7.94. The zero-order chi connectivity index (χ0) is 19.3. The number of benzene rings is 2. The zero-order valence-corrected chi connectivity index (χ0v) is 17.2. The molecule has 146 valence electrons. The number of hydrogen-bond donors (Lipinski definition) is 0. The molecule has 0 saturated carbocycles. The van der Waals surface area contributed by atoms with Crippen molar-refractivity contribution in [2.24, 2.45) is 7.05 Å². The first-order valence-electron chi connectivity index (χ1n) is 9.62. The maximum atomic E-state index is 5.84. The largest absolute Gasteiger partial charge is 0.421 e. The van der Waals surface area contributed by atoms with E-state index in [4.69, 9.17) is 4.18 Å². The zero-order valence-electron chi connectivity index (χ0n) is 16.4. The van der Waals surface area contributed by atoms with Crippen LogP contribution in [0.5, 0.6) is 5.75 Å². The third kappa shape index (κ3) is 4.69. The van der Waals surface area contributed by atoms with Gasteiger partial charge in [0.25, 0.3) is 0 Å². The van der Waals surface area contributed by atoms with E-state index in [-0.39, 0.29) is 0 Å². The molecule has 0 aliphatic carbocycles. The monoisotopic (exact) mass is 394 g/mol. The predicted molar refractivity (Wildman–Crippen MR) is 115 cm³/mol. The SMILES string of the molecule is Cc1ccc(SOc2ccc(N3CCN(Cc4nccn4C)CC3)cc2)cc1. The highest BCUT2D eigenvalue weighted by atomic mass is 32.2. The number of anilines is 1. The van der Waals surface area contributed by atoms with Crippen LogP contribution < -0.4 is 9.08 Å². The molecule has 4 rings (SSSR count). The van der Waals surface area contributed by atoms with Gasteiger partial charge in [0.05, 0.1) is 18.6 Å². The molecule has 0 atom stereocenters. The molecule has 0 amide bonds. The van der Waals surface area contributed by atoms with Crippen LogP contribution in [0.1, 0.15) is 11.4 Å². The van der Waals surface area contributed by atoms with Crippen molar-refractivity contribution in [3.8, 4) is 5.75 Å². The van der Waals surface area contributed by atoms with Gasteiger partial charge in [-0.15, -0.1) is 0 Å². The normalized spacial score (nSPS) is 15.0. The van der Waals surface area contributed by atoms with Crippen LogP contribution in [-0.2, 0) is 13.6 Å². The van der Waals surface area contributed by atoms with E-state index in [0.29, 0.717) is 0 Å². The maximum Gasteiger partial charge on any atom is 0.138 e. The van der Waals surface area contributed by atoms with Gasteiger partial charge in [0.2, 0.25) is 0 Å². The highest BCUT2D eigenvalue weighted by Crippen LogP contribution is 2.26. The number of aromatic nitrogens is 2. The van der Waals surface area contributed by atoms with Crippen LogP contribution in [0.4, 0.5) is 5.69 Å². The van der Waals surface area contributed by atoms with Crippen LogP contribution in [0.2, 0.25) is 0 Å². The molecule has 1 aliphatic heterocycles. The van der Waals surface area contributed by atoms with Gasteiger partial charge in [-0.05, 0) is 43.3 Å². The molecular formula is C22H26N4OS. The summed E-state index contributed by atoms with van der Waals surface area (Å²) >= 11 is 1.40. The van der Waals surface area contributed by atoms with Crippen molar-refractivity contribution in [2.45, 2.75) is 18.4 Å². The number of hydrogen-bond acceptors (Lipinski definition) is 5. The first-order chi connectivity index (χ1) is 13.7. The minimum Gasteiger partial charge on any atom is -0.421 e. The molecule has 2 heterocycles. The van der Waals surface area contributed by atoms with E-state index in [9.17, 15) is 0 Å². The fourth-order valence-corrected chi connectivity index (χ4v) is 3.87. The molecule has 6 heteroatoms. The standard InChI is InChI=1S/C22H26N4OS/c1-18-3-9-21(10-4-18)28-27-20-7-5-19(6-8-20)26-15-13-25(14-16-26)17-22-23-11-12-24(22)2/h3-12H,13-17H2,1-2H3. The van der Waals surface area contributed by atoms with Crippen LogP contribution in [-0.4, -0.2) is 40.6 Å². The lowest BCUT2D eigenvalue weighted by Crippen LogP contribution is -2.46. The fourth-order valence-electron chi connectivity index (χ4n) is 3.32. The minimum absolute atomic E-state index is 0.878. The lowest BCUT2D eigenvalue weighted by Gasteiger charge is -2.35. The number of nitrogens with zero attached hydrogens (tertiary/aromatic N) is 4. The van der Waals surface area contributed by atoms with Gasteiger partial charge in [0.15, 0.2) is 0 Å². The fraction of sp³-hybridized carbons (Fsp3) is 0.318. The second-order valence-corrected chi connectivity index (χ2v) is 8.00. The van der Waals surface area contributed by atoms with E-state index in [1.807, 2.05) is 12.4 Å². The van der Waals surface area contributed by atoms with Gasteiger partial charge in [0, 0.05) is 56.2 Å².